The van der Waals surface area contributed by atoms with Crippen molar-refractivity contribution >= 4 is 44.9 Å². The molecule has 0 saturated heterocycles. The standard InChI is InChI=1S/C40H26NO2P/c42-44(30-13-5-2-6-14-30)39-18-10-8-16-32(39)34-25-36-33(26-40(34)44)31-15-7-9-17-35(31)41(36)29-21-19-28(20-22-29)38-24-23-37(43-38)27-11-3-1-4-12-27/h1-26H. The average Bonchev–Trinajstić information content (AvgIpc) is 3.78. The van der Waals surface area contributed by atoms with Gasteiger partial charge < -0.3 is 13.5 Å². The Morgan fingerprint density at radius 1 is 0.477 bits per heavy atom. The lowest BCUT2D eigenvalue weighted by molar-refractivity contribution is 0.593. The smallest absolute Gasteiger partial charge is 0.172 e. The molecule has 3 nitrogen and oxygen atoms in total. The highest BCUT2D eigenvalue weighted by molar-refractivity contribution is 7.86. The summed E-state index contributed by atoms with van der Waals surface area (Å²) in [5.74, 6) is 1.69. The molecule has 0 fully saturated rings. The highest BCUT2D eigenvalue weighted by Gasteiger charge is 2.40. The van der Waals surface area contributed by atoms with Gasteiger partial charge in [-0.3, -0.25) is 0 Å². The van der Waals surface area contributed by atoms with Gasteiger partial charge in [0.15, 0.2) is 7.14 Å². The third kappa shape index (κ3) is 3.60. The highest BCUT2D eigenvalue weighted by Crippen LogP contribution is 2.53. The zero-order valence-corrected chi connectivity index (χ0v) is 24.6. The van der Waals surface area contributed by atoms with Crippen LogP contribution in [-0.4, -0.2) is 4.57 Å². The minimum Gasteiger partial charge on any atom is -0.456 e. The lowest BCUT2D eigenvalue weighted by Crippen LogP contribution is -2.20. The Morgan fingerprint density at radius 3 is 1.89 bits per heavy atom. The van der Waals surface area contributed by atoms with E-state index in [0.717, 1.165) is 77.2 Å². The van der Waals surface area contributed by atoms with Crippen molar-refractivity contribution in [1.29, 1.82) is 0 Å². The Bertz CT molecular complexity index is 2400. The first-order valence-electron chi connectivity index (χ1n) is 14.8. The van der Waals surface area contributed by atoms with Crippen LogP contribution in [0.25, 0.3) is 61.3 Å². The van der Waals surface area contributed by atoms with Gasteiger partial charge in [0.2, 0.25) is 0 Å². The predicted octanol–water partition coefficient (Wildman–Crippen LogP) is 9.33. The molecule has 2 aromatic heterocycles. The van der Waals surface area contributed by atoms with Gasteiger partial charge >= 0.3 is 0 Å². The van der Waals surface area contributed by atoms with Gasteiger partial charge in [-0.1, -0.05) is 103 Å². The molecule has 8 aromatic rings. The van der Waals surface area contributed by atoms with Gasteiger partial charge in [0.1, 0.15) is 11.5 Å². The van der Waals surface area contributed by atoms with E-state index in [1.54, 1.807) is 0 Å². The van der Waals surface area contributed by atoms with Gasteiger partial charge in [-0.05, 0) is 65.7 Å². The second-order valence-corrected chi connectivity index (χ2v) is 14.0. The molecule has 208 valence electrons. The third-order valence-corrected chi connectivity index (χ3v) is 12.0. The lowest BCUT2D eigenvalue weighted by Gasteiger charge is -2.16. The molecule has 3 heterocycles. The quantitative estimate of drug-likeness (QED) is 0.194. The maximum absolute atomic E-state index is 15.2. The molecule has 1 aliphatic heterocycles. The number of nitrogens with zero attached hydrogens (tertiary/aromatic N) is 1. The molecular weight excluding hydrogens is 557 g/mol. The van der Waals surface area contributed by atoms with Crippen LogP contribution in [0.15, 0.2) is 162 Å². The lowest BCUT2D eigenvalue weighted by atomic mass is 10.0. The first-order valence-corrected chi connectivity index (χ1v) is 16.5. The summed E-state index contributed by atoms with van der Waals surface area (Å²) >= 11 is 0. The van der Waals surface area contributed by atoms with E-state index in [2.05, 4.69) is 83.4 Å². The summed E-state index contributed by atoms with van der Waals surface area (Å²) < 4.78 is 23.7. The predicted molar refractivity (Wildman–Crippen MR) is 182 cm³/mol. The molecule has 1 unspecified atom stereocenters. The van der Waals surface area contributed by atoms with E-state index in [1.165, 1.54) is 0 Å². The average molecular weight is 584 g/mol. The van der Waals surface area contributed by atoms with Gasteiger partial charge in [-0.15, -0.1) is 0 Å². The second-order valence-electron chi connectivity index (χ2n) is 11.3. The van der Waals surface area contributed by atoms with Crippen LogP contribution in [0.5, 0.6) is 0 Å². The first kappa shape index (κ1) is 25.2. The molecule has 44 heavy (non-hydrogen) atoms. The maximum Gasteiger partial charge on any atom is 0.172 e. The van der Waals surface area contributed by atoms with E-state index in [-0.39, 0.29) is 0 Å². The second kappa shape index (κ2) is 9.57. The van der Waals surface area contributed by atoms with Crippen molar-refractivity contribution in [2.75, 3.05) is 0 Å². The summed E-state index contributed by atoms with van der Waals surface area (Å²) in [4.78, 5) is 0. The molecule has 0 aliphatic carbocycles. The molecule has 4 heteroatoms. The number of para-hydroxylation sites is 1. The van der Waals surface area contributed by atoms with Crippen LogP contribution in [0.1, 0.15) is 0 Å². The van der Waals surface area contributed by atoms with Crippen molar-refractivity contribution in [3.8, 4) is 39.5 Å². The van der Waals surface area contributed by atoms with E-state index in [1.807, 2.05) is 78.9 Å². The zero-order valence-electron chi connectivity index (χ0n) is 23.7. The normalized spacial score (nSPS) is 15.5. The van der Waals surface area contributed by atoms with Gasteiger partial charge in [-0.2, -0.15) is 0 Å². The summed E-state index contributed by atoms with van der Waals surface area (Å²) in [5, 5.41) is 4.96. The summed E-state index contributed by atoms with van der Waals surface area (Å²) in [7, 11) is -3.03. The van der Waals surface area contributed by atoms with Crippen LogP contribution < -0.4 is 15.9 Å². The molecule has 1 aliphatic rings. The van der Waals surface area contributed by atoms with Crippen LogP contribution in [-0.2, 0) is 4.57 Å². The van der Waals surface area contributed by atoms with Crippen LogP contribution in [0, 0.1) is 0 Å². The molecule has 1 atom stereocenters. The first-order chi connectivity index (χ1) is 21.7. The fraction of sp³-hybridized carbons (Fsp3) is 0. The number of aromatic nitrogens is 1. The SMILES string of the molecule is O=P1(c2ccccc2)c2ccccc2-c2cc3c(cc21)c1ccccc1n3-c1ccc(-c2ccc(-c3ccccc3)o2)cc1. The topological polar surface area (TPSA) is 35.1 Å². The number of benzene rings is 6. The Balaban J connectivity index is 1.22. The van der Waals surface area contributed by atoms with Crippen molar-refractivity contribution < 1.29 is 8.98 Å². The molecule has 6 aromatic carbocycles. The zero-order chi connectivity index (χ0) is 29.3. The van der Waals surface area contributed by atoms with E-state index in [0.29, 0.717) is 0 Å². The van der Waals surface area contributed by atoms with Crippen LogP contribution in [0.3, 0.4) is 0 Å². The Morgan fingerprint density at radius 2 is 1.11 bits per heavy atom. The van der Waals surface area contributed by atoms with Crippen LogP contribution >= 0.6 is 7.14 Å². The minimum atomic E-state index is -3.03. The van der Waals surface area contributed by atoms with Crippen molar-refractivity contribution in [1.82, 2.24) is 4.57 Å². The molecular formula is C40H26NO2P. The van der Waals surface area contributed by atoms with Crippen molar-refractivity contribution in [3.05, 3.63) is 158 Å². The maximum atomic E-state index is 15.2. The number of hydrogen-bond acceptors (Lipinski definition) is 2. The highest BCUT2D eigenvalue weighted by atomic mass is 31.2. The largest absolute Gasteiger partial charge is 0.456 e. The number of furan rings is 1. The molecule has 0 radical (unpaired) electrons. The summed E-state index contributed by atoms with van der Waals surface area (Å²) in [6, 6.07) is 53.8. The van der Waals surface area contributed by atoms with Gasteiger partial charge in [-0.25, -0.2) is 0 Å². The number of hydrogen-bond donors (Lipinski definition) is 0. The summed E-state index contributed by atoms with van der Waals surface area (Å²) in [5.41, 5.74) is 7.46. The minimum absolute atomic E-state index is 0.837. The van der Waals surface area contributed by atoms with Crippen LogP contribution in [0.4, 0.5) is 0 Å². The molecule has 0 saturated carbocycles. The van der Waals surface area contributed by atoms with E-state index in [9.17, 15) is 0 Å². The molecule has 0 spiro atoms. The Labute approximate surface area is 255 Å². The van der Waals surface area contributed by atoms with Gasteiger partial charge in [0, 0.05) is 43.5 Å². The molecule has 0 amide bonds. The van der Waals surface area contributed by atoms with Crippen LogP contribution in [0.2, 0.25) is 0 Å². The van der Waals surface area contributed by atoms with Crippen molar-refractivity contribution in [2.24, 2.45) is 0 Å². The molecule has 0 N–H and O–H groups in total. The van der Waals surface area contributed by atoms with Crippen molar-refractivity contribution in [3.63, 3.8) is 0 Å². The van der Waals surface area contributed by atoms with Gasteiger partial charge in [0.05, 0.1) is 11.0 Å². The number of fused-ring (bicyclic) bond motifs is 6. The molecule has 0 bridgehead atoms. The number of rotatable bonds is 4. The third-order valence-electron chi connectivity index (χ3n) is 8.86. The fourth-order valence-corrected chi connectivity index (χ4v) is 9.88. The van der Waals surface area contributed by atoms with Crippen molar-refractivity contribution in [2.45, 2.75) is 0 Å². The van der Waals surface area contributed by atoms with E-state index >= 15 is 4.57 Å². The van der Waals surface area contributed by atoms with E-state index in [4.69, 9.17) is 4.42 Å². The monoisotopic (exact) mass is 583 g/mol. The van der Waals surface area contributed by atoms with Gasteiger partial charge in [0.25, 0.3) is 0 Å². The Kier molecular flexibility index (Phi) is 5.47. The molecule has 9 rings (SSSR count). The summed E-state index contributed by atoms with van der Waals surface area (Å²) in [6.07, 6.45) is 0. The Hall–Kier alpha value is -5.37. The van der Waals surface area contributed by atoms with E-state index < -0.39 is 7.14 Å². The fourth-order valence-electron chi connectivity index (χ4n) is 6.81. The summed E-state index contributed by atoms with van der Waals surface area (Å²) in [6.45, 7) is 0.